The molecule has 64 valence electrons. The zero-order valence-corrected chi connectivity index (χ0v) is 7.07. The van der Waals surface area contributed by atoms with Crippen LogP contribution in [-0.4, -0.2) is 18.0 Å². The summed E-state index contributed by atoms with van der Waals surface area (Å²) in [7, 11) is -4.72. The minimum absolute atomic E-state index is 0.0828. The number of thiocarbonyl (C=S) groups is 1. The van der Waals surface area contributed by atoms with E-state index in [1.54, 1.807) is 5.48 Å². The molecule has 0 aromatic rings. The van der Waals surface area contributed by atoms with Gasteiger partial charge in [-0.25, -0.2) is 13.9 Å². The van der Waals surface area contributed by atoms with Crippen LogP contribution in [0.5, 0.6) is 0 Å². The first kappa shape index (κ1) is 10.5. The van der Waals surface area contributed by atoms with Crippen LogP contribution < -0.4 is 5.48 Å². The van der Waals surface area contributed by atoms with E-state index in [1.807, 2.05) is 0 Å². The van der Waals surface area contributed by atoms with Crippen LogP contribution >= 0.6 is 12.2 Å². The van der Waals surface area contributed by atoms with E-state index in [4.69, 9.17) is 0 Å². The minimum Gasteiger partial charge on any atom is -0.724 e. The zero-order valence-electron chi connectivity index (χ0n) is 5.44. The van der Waals surface area contributed by atoms with E-state index in [2.05, 4.69) is 23.1 Å². The first-order chi connectivity index (χ1) is 4.95. The summed E-state index contributed by atoms with van der Waals surface area (Å²) in [5, 5.41) is 0. The van der Waals surface area contributed by atoms with Crippen molar-refractivity contribution in [1.29, 1.82) is 0 Å². The summed E-state index contributed by atoms with van der Waals surface area (Å²) in [5.41, 5.74) is 1.78. The fraction of sp³-hybridized carbons (Fsp3) is 0.250. The Bertz CT molecular complexity index is 245. The maximum atomic E-state index is 9.81. The number of nitrogens with one attached hydrogen (secondary N) is 1. The van der Waals surface area contributed by atoms with Crippen LogP contribution in [0.4, 0.5) is 0 Å². The average molecular weight is 196 g/mol. The zero-order chi connectivity index (χ0) is 8.91. The molecule has 0 aromatic carbocycles. The van der Waals surface area contributed by atoms with Crippen molar-refractivity contribution >= 4 is 27.6 Å². The van der Waals surface area contributed by atoms with Crippen LogP contribution in [0.25, 0.3) is 0 Å². The highest BCUT2D eigenvalue weighted by atomic mass is 32.3. The fourth-order valence-corrected chi connectivity index (χ4v) is 0.685. The Morgan fingerprint density at radius 3 is 2.73 bits per heavy atom. The summed E-state index contributed by atoms with van der Waals surface area (Å²) in [4.78, 5) is 0.0828. The third-order valence-corrected chi connectivity index (χ3v) is 1.12. The van der Waals surface area contributed by atoms with Gasteiger partial charge in [0.2, 0.25) is 10.4 Å². The van der Waals surface area contributed by atoms with Crippen LogP contribution in [0.1, 0.15) is 6.42 Å². The lowest BCUT2D eigenvalue weighted by molar-refractivity contribution is 0.222. The second-order valence-corrected chi connectivity index (χ2v) is 2.99. The van der Waals surface area contributed by atoms with Crippen LogP contribution in [0, 0.1) is 0 Å². The smallest absolute Gasteiger partial charge is 0.238 e. The Hall–Kier alpha value is -0.500. The maximum Gasteiger partial charge on any atom is 0.238 e. The summed E-state index contributed by atoms with van der Waals surface area (Å²) >= 11 is 4.51. The molecule has 7 heteroatoms. The van der Waals surface area contributed by atoms with Crippen molar-refractivity contribution in [3.63, 3.8) is 0 Å². The van der Waals surface area contributed by atoms with Gasteiger partial charge in [-0.2, -0.15) is 4.28 Å². The van der Waals surface area contributed by atoms with Crippen molar-refractivity contribution in [3.05, 3.63) is 12.7 Å². The van der Waals surface area contributed by atoms with E-state index < -0.39 is 10.4 Å². The molecule has 0 heterocycles. The van der Waals surface area contributed by atoms with Crippen molar-refractivity contribution in [2.75, 3.05) is 0 Å². The molecular formula is C4H6NO4S2-. The molecule has 0 aliphatic carbocycles. The normalized spacial score (nSPS) is 10.6. The molecule has 1 N–H and O–H groups in total. The standard InChI is InChI=1S/C4H7NO4S2/c1-2-3-4(10)5-9-11(6,7)8/h2H,1,3H2,(H,5,10)(H,6,7,8)/p-1. The third-order valence-electron chi connectivity index (χ3n) is 0.587. The minimum atomic E-state index is -4.72. The lowest BCUT2D eigenvalue weighted by Crippen LogP contribution is -2.24. The topological polar surface area (TPSA) is 78.5 Å². The Balaban J connectivity index is 3.72. The molecule has 0 unspecified atom stereocenters. The van der Waals surface area contributed by atoms with Gasteiger partial charge in [-0.1, -0.05) is 18.3 Å². The molecule has 0 aliphatic heterocycles. The van der Waals surface area contributed by atoms with Gasteiger partial charge in [0.15, 0.2) is 0 Å². The monoisotopic (exact) mass is 196 g/mol. The quantitative estimate of drug-likeness (QED) is 0.222. The van der Waals surface area contributed by atoms with E-state index in [0.29, 0.717) is 0 Å². The predicted molar refractivity (Wildman–Crippen MR) is 41.3 cm³/mol. The van der Waals surface area contributed by atoms with Crippen molar-refractivity contribution < 1.29 is 17.3 Å². The van der Waals surface area contributed by atoms with Gasteiger partial charge in [0, 0.05) is 6.42 Å². The SMILES string of the molecule is C=CCC(=S)NOS(=O)(=O)[O-]. The predicted octanol–water partition coefficient (Wildman–Crippen LogP) is -0.129. The highest BCUT2D eigenvalue weighted by Crippen LogP contribution is 1.86. The molecule has 0 atom stereocenters. The highest BCUT2D eigenvalue weighted by molar-refractivity contribution is 7.81. The van der Waals surface area contributed by atoms with Gasteiger partial charge in [0.1, 0.15) is 4.99 Å². The number of hydroxylamine groups is 1. The summed E-state index contributed by atoms with van der Waals surface area (Å²) in [6.07, 6.45) is 1.70. The fourth-order valence-electron chi connectivity index (χ4n) is 0.270. The van der Waals surface area contributed by atoms with Gasteiger partial charge in [-0.05, 0) is 0 Å². The maximum absolute atomic E-state index is 9.81. The Labute approximate surface area is 70.0 Å². The molecule has 11 heavy (non-hydrogen) atoms. The summed E-state index contributed by atoms with van der Waals surface area (Å²) in [6, 6.07) is 0. The van der Waals surface area contributed by atoms with Crippen molar-refractivity contribution in [1.82, 2.24) is 5.48 Å². The Kier molecular flexibility index (Phi) is 4.19. The Morgan fingerprint density at radius 1 is 1.82 bits per heavy atom. The average Bonchev–Trinajstić information content (AvgIpc) is 1.83. The molecule has 0 aromatic heterocycles. The lowest BCUT2D eigenvalue weighted by Gasteiger charge is -2.08. The Morgan fingerprint density at radius 2 is 2.36 bits per heavy atom. The number of hydrogen-bond acceptors (Lipinski definition) is 5. The largest absolute Gasteiger partial charge is 0.724 e. The molecule has 0 bridgehead atoms. The van der Waals surface area contributed by atoms with Crippen molar-refractivity contribution in [2.24, 2.45) is 0 Å². The second kappa shape index (κ2) is 4.39. The number of hydrogen-bond donors (Lipinski definition) is 1. The van der Waals surface area contributed by atoms with Gasteiger partial charge in [0.25, 0.3) is 0 Å². The first-order valence-corrected chi connectivity index (χ1v) is 4.24. The second-order valence-electron chi connectivity index (χ2n) is 1.51. The molecule has 0 spiro atoms. The van der Waals surface area contributed by atoms with Gasteiger partial charge >= 0.3 is 0 Å². The molecule has 0 amide bonds. The highest BCUT2D eigenvalue weighted by Gasteiger charge is 1.95. The van der Waals surface area contributed by atoms with E-state index in [1.165, 1.54) is 6.08 Å². The van der Waals surface area contributed by atoms with Gasteiger partial charge < -0.3 is 4.55 Å². The molecule has 0 aliphatic rings. The van der Waals surface area contributed by atoms with Gasteiger partial charge in [0.05, 0.1) is 0 Å². The van der Waals surface area contributed by atoms with E-state index in [0.717, 1.165) is 0 Å². The summed E-state index contributed by atoms with van der Waals surface area (Å²) < 4.78 is 33.1. The summed E-state index contributed by atoms with van der Waals surface area (Å²) in [5.74, 6) is 0. The number of rotatable bonds is 4. The van der Waals surface area contributed by atoms with E-state index in [-0.39, 0.29) is 11.4 Å². The molecule has 0 rings (SSSR count). The van der Waals surface area contributed by atoms with Crippen LogP contribution in [0.3, 0.4) is 0 Å². The van der Waals surface area contributed by atoms with E-state index >= 15 is 0 Å². The van der Waals surface area contributed by atoms with Crippen molar-refractivity contribution in [3.8, 4) is 0 Å². The molecular weight excluding hydrogens is 190 g/mol. The van der Waals surface area contributed by atoms with Gasteiger partial charge in [-0.15, -0.1) is 6.58 Å². The molecule has 0 saturated carbocycles. The first-order valence-electron chi connectivity index (χ1n) is 2.49. The molecule has 0 saturated heterocycles. The van der Waals surface area contributed by atoms with Gasteiger partial charge in [-0.3, -0.25) is 0 Å². The third kappa shape index (κ3) is 7.40. The van der Waals surface area contributed by atoms with Crippen LogP contribution in [0.15, 0.2) is 12.7 Å². The molecule has 0 radical (unpaired) electrons. The molecule has 0 fully saturated rings. The summed E-state index contributed by atoms with van der Waals surface area (Å²) in [6.45, 7) is 3.33. The molecule has 5 nitrogen and oxygen atoms in total. The van der Waals surface area contributed by atoms with Crippen molar-refractivity contribution in [2.45, 2.75) is 6.42 Å². The van der Waals surface area contributed by atoms with Crippen LogP contribution in [0.2, 0.25) is 0 Å². The van der Waals surface area contributed by atoms with E-state index in [9.17, 15) is 13.0 Å². The lowest BCUT2D eigenvalue weighted by atomic mass is 10.4. The van der Waals surface area contributed by atoms with Crippen LogP contribution in [-0.2, 0) is 14.7 Å².